The largest absolute Gasteiger partial charge is 0.507 e. The molecule has 0 atom stereocenters. The monoisotopic (exact) mass is 1120 g/mol. The van der Waals surface area contributed by atoms with Crippen LogP contribution in [0, 0.1) is 6.92 Å². The summed E-state index contributed by atoms with van der Waals surface area (Å²) >= 11 is 7.02. The van der Waals surface area contributed by atoms with Crippen molar-refractivity contribution in [2.24, 2.45) is 0 Å². The number of rotatable bonds is 12. The van der Waals surface area contributed by atoms with E-state index >= 15 is 0 Å². The number of fused-ring (bicyclic) bond motifs is 1. The average Bonchev–Trinajstić information content (AvgIpc) is 4.11. The Balaban J connectivity index is 0.000000245. The maximum Gasteiger partial charge on any atom is 0.159 e. The average molecular weight is 1120 g/mol. The van der Waals surface area contributed by atoms with E-state index in [9.17, 15) is 38.4 Å². The van der Waals surface area contributed by atoms with Gasteiger partial charge in [0.05, 0.1) is 17.6 Å². The summed E-state index contributed by atoms with van der Waals surface area (Å²) in [6.45, 7) is 4.06. The van der Waals surface area contributed by atoms with Gasteiger partial charge in [-0.25, -0.2) is 0 Å². The van der Waals surface area contributed by atoms with E-state index < -0.39 is 0 Å². The number of para-hydroxylation sites is 2. The van der Waals surface area contributed by atoms with Crippen LogP contribution < -0.4 is 9.47 Å². The number of thiophene rings is 1. The number of phenolic OH excluding ortho intramolecular Hbond substituents is 1. The van der Waals surface area contributed by atoms with Crippen molar-refractivity contribution in [3.8, 4) is 23.0 Å². The molecule has 0 unspecified atom stereocenters. The first-order valence-electron chi connectivity index (χ1n) is 24.8. The van der Waals surface area contributed by atoms with Crippen LogP contribution in [0.2, 0.25) is 5.02 Å². The highest BCUT2D eigenvalue weighted by Crippen LogP contribution is 2.21. The molecule has 1 heterocycles. The Bertz CT molecular complexity index is 3350. The van der Waals surface area contributed by atoms with Gasteiger partial charge in [0.15, 0.2) is 18.9 Å². The molecule has 81 heavy (non-hydrogen) atoms. The number of aldehydes is 8. The summed E-state index contributed by atoms with van der Waals surface area (Å²) in [6.07, 6.45) is 7.48. The molecule has 0 radical (unpaired) electrons. The molecule has 0 aliphatic heterocycles. The number of halogens is 1. The highest BCUT2D eigenvalue weighted by molar-refractivity contribution is 7.11. The van der Waals surface area contributed by atoms with E-state index in [1.54, 1.807) is 104 Å². The topological polar surface area (TPSA) is 175 Å². The van der Waals surface area contributed by atoms with Crippen LogP contribution >= 0.6 is 22.9 Å². The third-order valence-corrected chi connectivity index (χ3v) is 11.6. The molecular weight excluding hydrogens is 1060 g/mol. The molecule has 1 N–H and O–H groups in total. The lowest BCUT2D eigenvalue weighted by atomic mass is 10.1. The minimum Gasteiger partial charge on any atom is -0.507 e. The van der Waals surface area contributed by atoms with Crippen molar-refractivity contribution in [1.82, 2.24) is 0 Å². The van der Waals surface area contributed by atoms with Gasteiger partial charge in [-0.2, -0.15) is 0 Å². The summed E-state index contributed by atoms with van der Waals surface area (Å²) < 4.78 is 10.5. The Morgan fingerprint density at radius 1 is 0.432 bits per heavy atom. The maximum atomic E-state index is 10.6. The molecule has 1 aromatic heterocycles. The summed E-state index contributed by atoms with van der Waals surface area (Å²) in [4.78, 5) is 82.5. The summed E-state index contributed by atoms with van der Waals surface area (Å²) in [5, 5.41) is 13.5. The Kier molecular flexibility index (Phi) is 31.7. The molecule has 9 aromatic carbocycles. The Labute approximate surface area is 480 Å². The third kappa shape index (κ3) is 26.3. The number of hydrogen-bond donors (Lipinski definition) is 1. The highest BCUT2D eigenvalue weighted by atomic mass is 35.5. The first kappa shape index (κ1) is 65.3. The number of hydrogen-bond acceptors (Lipinski definition) is 12. The smallest absolute Gasteiger partial charge is 0.159 e. The molecule has 0 saturated heterocycles. The van der Waals surface area contributed by atoms with Gasteiger partial charge in [0, 0.05) is 38.4 Å². The van der Waals surface area contributed by atoms with E-state index in [4.69, 9.17) is 26.2 Å². The van der Waals surface area contributed by atoms with Crippen molar-refractivity contribution in [3.05, 3.63) is 296 Å². The summed E-state index contributed by atoms with van der Waals surface area (Å²) in [5.74, 6) is 2.24. The zero-order valence-corrected chi connectivity index (χ0v) is 46.2. The molecule has 0 fully saturated rings. The highest BCUT2D eigenvalue weighted by Gasteiger charge is 1.99. The van der Waals surface area contributed by atoms with Crippen LogP contribution in [0.15, 0.2) is 236 Å². The second-order valence-electron chi connectivity index (χ2n) is 16.4. The molecule has 0 amide bonds. The predicted octanol–water partition coefficient (Wildman–Crippen LogP) is 16.2. The van der Waals surface area contributed by atoms with Crippen molar-refractivity contribution in [1.29, 1.82) is 0 Å². The minimum atomic E-state index is 0.0347. The van der Waals surface area contributed by atoms with E-state index in [1.807, 2.05) is 140 Å². The number of aryl methyl sites for hydroxylation is 2. The second-order valence-corrected chi connectivity index (χ2v) is 17.8. The van der Waals surface area contributed by atoms with E-state index in [0.717, 1.165) is 99.8 Å². The first-order valence-corrected chi connectivity index (χ1v) is 26.0. The van der Waals surface area contributed by atoms with Gasteiger partial charge < -0.3 is 14.6 Å². The number of phenols is 1. The number of benzene rings is 9. The molecular formula is C68H59ClO11S. The van der Waals surface area contributed by atoms with Crippen molar-refractivity contribution in [2.45, 2.75) is 20.3 Å². The summed E-state index contributed by atoms with van der Waals surface area (Å²) in [5.41, 5.74) is 6.87. The van der Waals surface area contributed by atoms with Crippen LogP contribution in [0.1, 0.15) is 100 Å². The molecule has 0 aliphatic rings. The number of carbonyl (C=O) groups is 8. The number of methoxy groups -OCH3 is 1. The lowest BCUT2D eigenvalue weighted by Gasteiger charge is -2.04. The fourth-order valence-electron chi connectivity index (χ4n) is 6.41. The number of carbonyl (C=O) groups excluding carboxylic acids is 8. The SMILES string of the molecule is CCc1ccc(C=O)cc1.COc1ccc(C=O)cc1.Cc1cccc(C=O)c1.O=Cc1cccc(Cl)c1.O=Cc1cccc(Oc2ccccc2)c1.O=Cc1cccc2ccccc12.O=Cc1ccccc1O.O=Cc1cccs1. The van der Waals surface area contributed by atoms with E-state index in [-0.39, 0.29) is 5.75 Å². The Hall–Kier alpha value is -10.0. The number of aromatic hydroxyl groups is 1. The molecule has 10 aromatic rings. The van der Waals surface area contributed by atoms with Crippen LogP contribution in [0.25, 0.3) is 10.8 Å². The van der Waals surface area contributed by atoms with Gasteiger partial charge in [-0.1, -0.05) is 170 Å². The van der Waals surface area contributed by atoms with Crippen molar-refractivity contribution < 1.29 is 52.9 Å². The molecule has 0 bridgehead atoms. The van der Waals surface area contributed by atoms with Crippen LogP contribution in [0.5, 0.6) is 23.0 Å². The van der Waals surface area contributed by atoms with Crippen LogP contribution in [-0.2, 0) is 6.42 Å². The van der Waals surface area contributed by atoms with Crippen molar-refractivity contribution in [2.75, 3.05) is 7.11 Å². The van der Waals surface area contributed by atoms with E-state index in [2.05, 4.69) is 6.92 Å². The second kappa shape index (κ2) is 39.4. The van der Waals surface area contributed by atoms with Gasteiger partial charge in [0.2, 0.25) is 0 Å². The predicted molar refractivity (Wildman–Crippen MR) is 324 cm³/mol. The fourth-order valence-corrected chi connectivity index (χ4v) is 7.14. The van der Waals surface area contributed by atoms with Crippen molar-refractivity contribution >= 4 is 84.0 Å². The van der Waals surface area contributed by atoms with Gasteiger partial charge in [0.1, 0.15) is 54.4 Å². The standard InChI is InChI=1S/C13H10O2.C11H8O.C9H10O.C8H8O2.C8H8O.C7H5ClO.C7H6O2.C5H4OS/c14-10-11-5-4-8-13(9-11)15-12-6-2-1-3-7-12;12-8-10-6-3-5-9-4-1-2-7-11(9)10;1-2-8-3-5-9(7-10)6-4-8;1-10-8-4-2-7(6-9)3-5-8;1-7-3-2-4-8(5-7)6-9;8-7-3-1-2-6(4-7)5-9;8-5-6-3-1-2-4-7(6)9;6-4-5-2-1-3-7-5/h1-10H;1-8H;3-7H,2H2,1H3;2-6H,1H3;2-6H,1H3;1-5H;1-5,9H;1-4H. The maximum absolute atomic E-state index is 10.6. The molecule has 11 nitrogen and oxygen atoms in total. The van der Waals surface area contributed by atoms with Crippen LogP contribution in [0.4, 0.5) is 0 Å². The summed E-state index contributed by atoms with van der Waals surface area (Å²) in [7, 11) is 1.59. The third-order valence-electron chi connectivity index (χ3n) is 10.6. The lowest BCUT2D eigenvalue weighted by molar-refractivity contribution is 0.111. The van der Waals surface area contributed by atoms with E-state index in [0.29, 0.717) is 39.3 Å². The zero-order chi connectivity index (χ0) is 58.9. The molecule has 10 rings (SSSR count). The Morgan fingerprint density at radius 3 is 1.43 bits per heavy atom. The van der Waals surface area contributed by atoms with Crippen LogP contribution in [0.3, 0.4) is 0 Å². The minimum absolute atomic E-state index is 0.0347. The fraction of sp³-hybridized carbons (Fsp3) is 0.0588. The summed E-state index contributed by atoms with van der Waals surface area (Å²) in [6, 6.07) is 69.0. The molecule has 0 saturated carbocycles. The molecule has 410 valence electrons. The zero-order valence-electron chi connectivity index (χ0n) is 44.7. The van der Waals surface area contributed by atoms with Crippen LogP contribution in [-0.4, -0.2) is 62.5 Å². The van der Waals surface area contributed by atoms with Gasteiger partial charge in [-0.05, 0) is 120 Å². The molecule has 13 heteroatoms. The molecule has 0 spiro atoms. The quantitative estimate of drug-likeness (QED) is 0.115. The molecule has 0 aliphatic carbocycles. The van der Waals surface area contributed by atoms with Gasteiger partial charge >= 0.3 is 0 Å². The van der Waals surface area contributed by atoms with Gasteiger partial charge in [-0.15, -0.1) is 11.3 Å². The normalized spacial score (nSPS) is 9.23. The number of ether oxygens (including phenoxy) is 2. The lowest BCUT2D eigenvalue weighted by Crippen LogP contribution is -1.85. The Morgan fingerprint density at radius 2 is 0.938 bits per heavy atom. The first-order chi connectivity index (χ1) is 39.4. The van der Waals surface area contributed by atoms with Crippen molar-refractivity contribution in [3.63, 3.8) is 0 Å². The van der Waals surface area contributed by atoms with E-state index in [1.165, 1.54) is 23.0 Å². The van der Waals surface area contributed by atoms with Gasteiger partial charge in [0.25, 0.3) is 0 Å². The van der Waals surface area contributed by atoms with Gasteiger partial charge in [-0.3, -0.25) is 38.4 Å².